The van der Waals surface area contributed by atoms with Gasteiger partial charge in [-0.25, -0.2) is 0 Å². The second-order valence-electron chi connectivity index (χ2n) is 5.70. The fourth-order valence-electron chi connectivity index (χ4n) is 2.95. The molecule has 19 heavy (non-hydrogen) atoms. The molecule has 0 aliphatic carbocycles. The topological polar surface area (TPSA) is 45.4 Å². The highest BCUT2D eigenvalue weighted by atomic mass is 15.3. The van der Waals surface area contributed by atoms with Gasteiger partial charge >= 0.3 is 0 Å². The summed E-state index contributed by atoms with van der Waals surface area (Å²) in [5.74, 6) is 0. The Labute approximate surface area is 116 Å². The highest BCUT2D eigenvalue weighted by molar-refractivity contribution is 5.17. The van der Waals surface area contributed by atoms with Crippen LogP contribution in [0.5, 0.6) is 0 Å². The Morgan fingerprint density at radius 1 is 1.53 bits per heavy atom. The first-order valence-electron chi connectivity index (χ1n) is 7.19. The molecule has 1 aromatic heterocycles. The van der Waals surface area contributed by atoms with Crippen LogP contribution in [0.1, 0.15) is 31.4 Å². The van der Waals surface area contributed by atoms with E-state index in [-0.39, 0.29) is 6.04 Å². The molecule has 1 saturated heterocycles. The summed E-state index contributed by atoms with van der Waals surface area (Å²) in [6, 6.07) is 5.26. The first-order chi connectivity index (χ1) is 9.13. The van der Waals surface area contributed by atoms with Crippen LogP contribution in [0, 0.1) is 0 Å². The molecule has 2 N–H and O–H groups in total. The Bertz CT molecular complexity index is 379. The molecule has 4 heteroatoms. The average molecular weight is 262 g/mol. The summed E-state index contributed by atoms with van der Waals surface area (Å²) >= 11 is 0. The van der Waals surface area contributed by atoms with Crippen molar-refractivity contribution in [3.05, 3.63) is 30.1 Å². The molecule has 3 unspecified atom stereocenters. The molecule has 0 bridgehead atoms. The molecule has 1 fully saturated rings. The number of likely N-dealkylation sites (tertiary alicyclic amines) is 1. The first-order valence-corrected chi connectivity index (χ1v) is 7.19. The molecular weight excluding hydrogens is 236 g/mol. The lowest BCUT2D eigenvalue weighted by Crippen LogP contribution is -2.41. The molecule has 0 radical (unpaired) electrons. The van der Waals surface area contributed by atoms with Crippen LogP contribution >= 0.6 is 0 Å². The molecule has 0 amide bonds. The van der Waals surface area contributed by atoms with E-state index in [2.05, 4.69) is 41.9 Å². The Morgan fingerprint density at radius 3 is 2.84 bits per heavy atom. The van der Waals surface area contributed by atoms with E-state index in [9.17, 15) is 0 Å². The van der Waals surface area contributed by atoms with E-state index in [0.717, 1.165) is 19.5 Å². The molecule has 2 heterocycles. The van der Waals surface area contributed by atoms with Crippen molar-refractivity contribution < 1.29 is 0 Å². The summed E-state index contributed by atoms with van der Waals surface area (Å²) in [4.78, 5) is 9.10. The lowest BCUT2D eigenvalue weighted by molar-refractivity contribution is 0.189. The van der Waals surface area contributed by atoms with Gasteiger partial charge in [0.2, 0.25) is 0 Å². The summed E-state index contributed by atoms with van der Waals surface area (Å²) in [6.07, 6.45) is 6.00. The predicted molar refractivity (Wildman–Crippen MR) is 78.9 cm³/mol. The van der Waals surface area contributed by atoms with E-state index in [1.807, 2.05) is 18.5 Å². The summed E-state index contributed by atoms with van der Waals surface area (Å²) in [7, 11) is 4.32. The fraction of sp³-hybridized carbons (Fsp3) is 0.667. The van der Waals surface area contributed by atoms with E-state index in [4.69, 9.17) is 5.73 Å². The second kappa shape index (κ2) is 6.46. The van der Waals surface area contributed by atoms with Crippen LogP contribution in [-0.4, -0.2) is 54.1 Å². The van der Waals surface area contributed by atoms with Crippen molar-refractivity contribution in [2.24, 2.45) is 5.73 Å². The molecule has 1 aliphatic heterocycles. The largest absolute Gasteiger partial charge is 0.326 e. The number of aromatic nitrogens is 1. The van der Waals surface area contributed by atoms with Gasteiger partial charge in [-0.1, -0.05) is 13.0 Å². The molecule has 2 rings (SSSR count). The number of likely N-dealkylation sites (N-methyl/N-ethyl adjacent to an activating group) is 1. The predicted octanol–water partition coefficient (Wildman–Crippen LogP) is 1.50. The van der Waals surface area contributed by atoms with Gasteiger partial charge in [0.05, 0.1) is 6.04 Å². The van der Waals surface area contributed by atoms with Crippen molar-refractivity contribution in [1.29, 1.82) is 0 Å². The van der Waals surface area contributed by atoms with Gasteiger partial charge in [-0.15, -0.1) is 0 Å². The van der Waals surface area contributed by atoms with Crippen molar-refractivity contribution in [3.8, 4) is 0 Å². The Morgan fingerprint density at radius 2 is 2.32 bits per heavy atom. The number of nitrogens with two attached hydrogens (primary N) is 1. The highest BCUT2D eigenvalue weighted by Crippen LogP contribution is 2.29. The van der Waals surface area contributed by atoms with Crippen molar-refractivity contribution in [2.75, 3.05) is 27.2 Å². The normalized spacial score (nSPS) is 23.7. The minimum Gasteiger partial charge on any atom is -0.326 e. The zero-order valence-electron chi connectivity index (χ0n) is 12.3. The van der Waals surface area contributed by atoms with Gasteiger partial charge in [0.25, 0.3) is 0 Å². The molecule has 1 aliphatic rings. The molecule has 106 valence electrons. The Kier molecular flexibility index (Phi) is 4.91. The van der Waals surface area contributed by atoms with Crippen LogP contribution < -0.4 is 5.73 Å². The standard InChI is InChI=1S/C15H26N4/c1-4-14(16)15(12-6-5-8-17-10-12)19-9-7-13(11-19)18(2)3/h5-6,8,10,13-15H,4,7,9,11,16H2,1-3H3. The van der Waals surface area contributed by atoms with Crippen LogP contribution in [-0.2, 0) is 0 Å². The van der Waals surface area contributed by atoms with E-state index >= 15 is 0 Å². The number of pyridine rings is 1. The lowest BCUT2D eigenvalue weighted by atomic mass is 9.98. The van der Waals surface area contributed by atoms with Gasteiger partial charge in [0.1, 0.15) is 0 Å². The highest BCUT2D eigenvalue weighted by Gasteiger charge is 2.32. The minimum atomic E-state index is 0.171. The Hall–Kier alpha value is -0.970. The third kappa shape index (κ3) is 3.32. The van der Waals surface area contributed by atoms with E-state index in [1.165, 1.54) is 12.0 Å². The average Bonchev–Trinajstić information content (AvgIpc) is 2.89. The zero-order valence-corrected chi connectivity index (χ0v) is 12.3. The Balaban J connectivity index is 2.16. The van der Waals surface area contributed by atoms with E-state index in [1.54, 1.807) is 0 Å². The summed E-state index contributed by atoms with van der Waals surface area (Å²) in [5.41, 5.74) is 7.61. The van der Waals surface area contributed by atoms with Crippen molar-refractivity contribution in [2.45, 2.75) is 37.9 Å². The maximum atomic E-state index is 6.37. The van der Waals surface area contributed by atoms with Crippen LogP contribution in [0.3, 0.4) is 0 Å². The van der Waals surface area contributed by atoms with Gasteiger partial charge < -0.3 is 10.6 Å². The van der Waals surface area contributed by atoms with Crippen molar-refractivity contribution in [1.82, 2.24) is 14.8 Å². The fourth-order valence-corrected chi connectivity index (χ4v) is 2.95. The second-order valence-corrected chi connectivity index (χ2v) is 5.70. The molecule has 3 atom stereocenters. The molecule has 0 saturated carbocycles. The molecule has 1 aromatic rings. The maximum Gasteiger partial charge on any atom is 0.0514 e. The smallest absolute Gasteiger partial charge is 0.0514 e. The zero-order chi connectivity index (χ0) is 13.8. The first kappa shape index (κ1) is 14.4. The van der Waals surface area contributed by atoms with Gasteiger partial charge in [-0.2, -0.15) is 0 Å². The molecular formula is C15H26N4. The van der Waals surface area contributed by atoms with Crippen LogP contribution in [0.15, 0.2) is 24.5 Å². The van der Waals surface area contributed by atoms with Crippen LogP contribution in [0.4, 0.5) is 0 Å². The monoisotopic (exact) mass is 262 g/mol. The third-order valence-corrected chi connectivity index (χ3v) is 4.22. The van der Waals surface area contributed by atoms with E-state index in [0.29, 0.717) is 12.1 Å². The molecule has 4 nitrogen and oxygen atoms in total. The summed E-state index contributed by atoms with van der Waals surface area (Å²) < 4.78 is 0. The van der Waals surface area contributed by atoms with Gasteiger partial charge in [0, 0.05) is 37.6 Å². The summed E-state index contributed by atoms with van der Waals surface area (Å²) in [6.45, 7) is 4.38. The SMILES string of the molecule is CCC(N)C(c1cccnc1)N1CCC(N(C)C)C1. The van der Waals surface area contributed by atoms with Gasteiger partial charge in [0.15, 0.2) is 0 Å². The van der Waals surface area contributed by atoms with Gasteiger partial charge in [-0.3, -0.25) is 9.88 Å². The molecule has 0 aromatic carbocycles. The molecule has 0 spiro atoms. The quantitative estimate of drug-likeness (QED) is 0.873. The van der Waals surface area contributed by atoms with E-state index < -0.39 is 0 Å². The van der Waals surface area contributed by atoms with Crippen molar-refractivity contribution >= 4 is 0 Å². The van der Waals surface area contributed by atoms with Gasteiger partial charge in [-0.05, 0) is 38.6 Å². The number of hydrogen-bond donors (Lipinski definition) is 1. The maximum absolute atomic E-state index is 6.37. The van der Waals surface area contributed by atoms with Crippen molar-refractivity contribution in [3.63, 3.8) is 0 Å². The summed E-state index contributed by atoms with van der Waals surface area (Å²) in [5, 5.41) is 0. The minimum absolute atomic E-state index is 0.171. The third-order valence-electron chi connectivity index (χ3n) is 4.22. The van der Waals surface area contributed by atoms with Crippen LogP contribution in [0.25, 0.3) is 0 Å². The number of hydrogen-bond acceptors (Lipinski definition) is 4. The van der Waals surface area contributed by atoms with Crippen LogP contribution in [0.2, 0.25) is 0 Å². The lowest BCUT2D eigenvalue weighted by Gasteiger charge is -2.33. The number of rotatable bonds is 5. The number of nitrogens with zero attached hydrogens (tertiary/aromatic N) is 3.